The van der Waals surface area contributed by atoms with Crippen LogP contribution < -0.4 is 4.74 Å². The van der Waals surface area contributed by atoms with Crippen molar-refractivity contribution in [2.75, 3.05) is 13.7 Å². The molecule has 1 aliphatic rings. The first-order valence-corrected chi connectivity index (χ1v) is 18.9. The fraction of sp³-hybridized carbons (Fsp3) is 0.200. The minimum Gasteiger partial charge on any atom is -0.497 e. The van der Waals surface area contributed by atoms with Gasteiger partial charge in [0.05, 0.1) is 54.1 Å². The molecule has 8 rings (SSSR count). The monoisotopic (exact) mass is 746 g/mol. The summed E-state index contributed by atoms with van der Waals surface area (Å²) in [5, 5.41) is 0.568. The van der Waals surface area contributed by atoms with Gasteiger partial charge in [0.25, 0.3) is 0 Å². The summed E-state index contributed by atoms with van der Waals surface area (Å²) >= 11 is 6.57. The lowest BCUT2D eigenvalue weighted by Crippen LogP contribution is -2.51. The van der Waals surface area contributed by atoms with E-state index >= 15 is 0 Å². The number of hydrogen-bond donors (Lipinski definition) is 0. The van der Waals surface area contributed by atoms with Gasteiger partial charge in [0.2, 0.25) is 0 Å². The van der Waals surface area contributed by atoms with Crippen LogP contribution in [-0.2, 0) is 35.7 Å². The van der Waals surface area contributed by atoms with Crippen LogP contribution in [0.25, 0.3) is 22.1 Å². The van der Waals surface area contributed by atoms with Crippen molar-refractivity contribution >= 4 is 45.4 Å². The highest BCUT2D eigenvalue weighted by Gasteiger charge is 2.41. The summed E-state index contributed by atoms with van der Waals surface area (Å²) in [7, 11) is 1.65. The number of allylic oxidation sites excluding steroid dienone is 1. The van der Waals surface area contributed by atoms with Crippen LogP contribution in [0.2, 0.25) is 0 Å². The Labute approximate surface area is 326 Å². The van der Waals surface area contributed by atoms with Crippen molar-refractivity contribution in [3.05, 3.63) is 173 Å². The van der Waals surface area contributed by atoms with Gasteiger partial charge in [-0.1, -0.05) is 97.1 Å². The minimum absolute atomic E-state index is 0.232. The number of ether oxygens (including phenoxy) is 2. The average Bonchev–Trinajstić information content (AvgIpc) is 3.74. The van der Waals surface area contributed by atoms with Gasteiger partial charge in [-0.2, -0.15) is 0 Å². The number of methoxy groups -OCH3 is 1. The molecule has 0 fully saturated rings. The smallest absolute Gasteiger partial charge is 0.338 e. The lowest BCUT2D eigenvalue weighted by atomic mass is 9.93. The standard InChI is InChI=1S/C45H42N6O3S/c1-4-54-44(52)42-31(2)48(29-49-38-21-13-11-19-36(38)46-40(49)27-32-15-7-5-8-16-32)45(55)51(43(42)34-23-25-35(53-3)26-24-34)30-50-39-22-14-12-20-37(39)47-41(50)28-33-17-9-6-10-18-33/h5-26,43H,4,27-30H2,1-3H3. The number of rotatable bonds is 12. The number of nitrogens with zero attached hydrogens (tertiary/aromatic N) is 6. The van der Waals surface area contributed by atoms with Crippen molar-refractivity contribution in [2.45, 2.75) is 46.1 Å². The molecule has 1 aliphatic heterocycles. The highest BCUT2D eigenvalue weighted by molar-refractivity contribution is 7.80. The second-order valence-corrected chi connectivity index (χ2v) is 13.9. The maximum atomic E-state index is 14.3. The van der Waals surface area contributed by atoms with Gasteiger partial charge >= 0.3 is 5.97 Å². The van der Waals surface area contributed by atoms with Crippen LogP contribution in [0.15, 0.2) is 145 Å². The number of imidazole rings is 2. The van der Waals surface area contributed by atoms with E-state index in [1.807, 2.05) is 111 Å². The summed E-state index contributed by atoms with van der Waals surface area (Å²) in [6.07, 6.45) is 1.25. The number of esters is 1. The molecular formula is C45H42N6O3S. The molecule has 276 valence electrons. The summed E-state index contributed by atoms with van der Waals surface area (Å²) in [5.41, 5.74) is 8.18. The van der Waals surface area contributed by atoms with Gasteiger partial charge in [-0.05, 0) is 79.2 Å². The highest BCUT2D eigenvalue weighted by atomic mass is 32.1. The number of carbonyl (C=O) groups excluding carboxylic acids is 1. The van der Waals surface area contributed by atoms with E-state index in [1.165, 1.54) is 0 Å². The number of aromatic nitrogens is 4. The summed E-state index contributed by atoms with van der Waals surface area (Å²) in [6.45, 7) is 4.70. The molecule has 0 saturated heterocycles. The van der Waals surface area contributed by atoms with Gasteiger partial charge in [0.1, 0.15) is 24.1 Å². The second kappa shape index (κ2) is 15.6. The largest absolute Gasteiger partial charge is 0.497 e. The molecule has 0 radical (unpaired) electrons. The van der Waals surface area contributed by atoms with Crippen LogP contribution in [0.4, 0.5) is 0 Å². The maximum absolute atomic E-state index is 14.3. The molecular weight excluding hydrogens is 705 g/mol. The molecule has 55 heavy (non-hydrogen) atoms. The van der Waals surface area contributed by atoms with E-state index in [1.54, 1.807) is 7.11 Å². The summed E-state index contributed by atoms with van der Waals surface area (Å²) in [6, 6.07) is 44.3. The van der Waals surface area contributed by atoms with Crippen LogP contribution in [0, 0.1) is 0 Å². The SMILES string of the molecule is CCOC(=O)C1=C(C)N(Cn2c(Cc3ccccc3)nc3ccccc32)C(=S)N(Cn2c(Cc3ccccc3)nc3ccccc32)C1c1ccc(OC)cc1. The van der Waals surface area contributed by atoms with E-state index in [9.17, 15) is 4.79 Å². The molecule has 2 aromatic heterocycles. The van der Waals surface area contributed by atoms with Crippen molar-refractivity contribution < 1.29 is 14.3 Å². The van der Waals surface area contributed by atoms with Gasteiger partial charge in [0.15, 0.2) is 5.11 Å². The molecule has 3 heterocycles. The van der Waals surface area contributed by atoms with E-state index in [4.69, 9.17) is 31.7 Å². The van der Waals surface area contributed by atoms with Crippen LogP contribution in [-0.4, -0.2) is 53.7 Å². The van der Waals surface area contributed by atoms with Gasteiger partial charge in [-0.25, -0.2) is 14.8 Å². The van der Waals surface area contributed by atoms with E-state index in [-0.39, 0.29) is 6.61 Å². The molecule has 0 N–H and O–H groups in total. The number of hydrogen-bond acceptors (Lipinski definition) is 6. The Morgan fingerprint density at radius 3 is 1.73 bits per heavy atom. The molecule has 5 aromatic carbocycles. The van der Waals surface area contributed by atoms with E-state index < -0.39 is 12.0 Å². The third kappa shape index (κ3) is 7.08. The predicted octanol–water partition coefficient (Wildman–Crippen LogP) is 8.67. The average molecular weight is 747 g/mol. The van der Waals surface area contributed by atoms with Gasteiger partial charge in [-0.3, -0.25) is 0 Å². The predicted molar refractivity (Wildman–Crippen MR) is 219 cm³/mol. The molecule has 0 spiro atoms. The number of fused-ring (bicyclic) bond motifs is 2. The fourth-order valence-corrected chi connectivity index (χ4v) is 7.86. The highest BCUT2D eigenvalue weighted by Crippen LogP contribution is 2.40. The third-order valence-corrected chi connectivity index (χ3v) is 10.7. The first-order valence-electron chi connectivity index (χ1n) is 18.5. The van der Waals surface area contributed by atoms with Gasteiger partial charge in [-0.15, -0.1) is 0 Å². The zero-order valence-corrected chi connectivity index (χ0v) is 31.9. The molecule has 9 nitrogen and oxygen atoms in total. The Morgan fingerprint density at radius 1 is 0.691 bits per heavy atom. The molecule has 1 unspecified atom stereocenters. The van der Waals surface area contributed by atoms with Crippen LogP contribution >= 0.6 is 12.2 Å². The Kier molecular flexibility index (Phi) is 10.1. The van der Waals surface area contributed by atoms with Crippen LogP contribution in [0.1, 0.15) is 48.2 Å². The molecule has 0 saturated carbocycles. The zero-order valence-electron chi connectivity index (χ0n) is 31.1. The van der Waals surface area contributed by atoms with Crippen LogP contribution in [0.3, 0.4) is 0 Å². The first-order chi connectivity index (χ1) is 26.9. The Morgan fingerprint density at radius 2 is 1.20 bits per heavy atom. The first kappa shape index (κ1) is 35.8. The van der Waals surface area contributed by atoms with Crippen molar-refractivity contribution in [3.63, 3.8) is 0 Å². The molecule has 7 aromatic rings. The van der Waals surface area contributed by atoms with Crippen molar-refractivity contribution in [3.8, 4) is 5.75 Å². The number of thiocarbonyl (C=S) groups is 1. The quantitative estimate of drug-likeness (QED) is 0.0909. The van der Waals surface area contributed by atoms with Crippen molar-refractivity contribution in [1.29, 1.82) is 0 Å². The fourth-order valence-electron chi connectivity index (χ4n) is 7.50. The normalized spacial score (nSPS) is 14.6. The zero-order chi connectivity index (χ0) is 37.9. The maximum Gasteiger partial charge on any atom is 0.338 e. The minimum atomic E-state index is -0.567. The van der Waals surface area contributed by atoms with Crippen LogP contribution in [0.5, 0.6) is 5.75 Å². The molecule has 0 bridgehead atoms. The van der Waals surface area contributed by atoms with Gasteiger partial charge in [0, 0.05) is 18.5 Å². The van der Waals surface area contributed by atoms with Crippen molar-refractivity contribution in [1.82, 2.24) is 28.9 Å². The van der Waals surface area contributed by atoms with E-state index in [0.717, 1.165) is 61.9 Å². The molecule has 0 aliphatic carbocycles. The third-order valence-electron chi connectivity index (χ3n) is 10.2. The number of benzene rings is 5. The summed E-state index contributed by atoms with van der Waals surface area (Å²) in [4.78, 5) is 28.7. The number of carbonyl (C=O) groups is 1. The number of para-hydroxylation sites is 4. The van der Waals surface area contributed by atoms with Gasteiger partial charge < -0.3 is 28.4 Å². The lowest BCUT2D eigenvalue weighted by molar-refractivity contribution is -0.139. The molecule has 0 amide bonds. The van der Waals surface area contributed by atoms with E-state index in [2.05, 4.69) is 55.3 Å². The second-order valence-electron chi connectivity index (χ2n) is 13.6. The Balaban J connectivity index is 1.29. The summed E-state index contributed by atoms with van der Waals surface area (Å²) in [5.74, 6) is 2.12. The van der Waals surface area contributed by atoms with E-state index in [0.29, 0.717) is 36.9 Å². The lowest BCUT2D eigenvalue weighted by Gasteiger charge is -2.45. The Bertz CT molecular complexity index is 2510. The Hall–Kier alpha value is -6.26. The molecule has 10 heteroatoms. The summed E-state index contributed by atoms with van der Waals surface area (Å²) < 4.78 is 15.8. The molecule has 1 atom stereocenters. The van der Waals surface area contributed by atoms with Crippen molar-refractivity contribution in [2.24, 2.45) is 0 Å². The topological polar surface area (TPSA) is 77.7 Å².